The summed E-state index contributed by atoms with van der Waals surface area (Å²) in [7, 11) is 0. The van der Waals surface area contributed by atoms with Crippen LogP contribution in [0.15, 0.2) is 30.8 Å². The third kappa shape index (κ3) is 1.96. The average molecular weight is 242 g/mol. The van der Waals surface area contributed by atoms with E-state index >= 15 is 0 Å². The molecule has 2 saturated carbocycles. The molecule has 2 bridgehead atoms. The summed E-state index contributed by atoms with van der Waals surface area (Å²) in [6, 6.07) is 7.48. The first-order valence-corrected chi connectivity index (χ1v) is 6.70. The van der Waals surface area contributed by atoms with Crippen molar-refractivity contribution < 1.29 is 9.53 Å². The summed E-state index contributed by atoms with van der Waals surface area (Å²) < 4.78 is 5.69. The van der Waals surface area contributed by atoms with Crippen LogP contribution in [0.1, 0.15) is 41.6 Å². The van der Waals surface area contributed by atoms with E-state index in [-0.39, 0.29) is 12.1 Å². The van der Waals surface area contributed by atoms with Gasteiger partial charge in [0.25, 0.3) is 0 Å². The zero-order valence-corrected chi connectivity index (χ0v) is 10.5. The van der Waals surface area contributed by atoms with Gasteiger partial charge in [-0.1, -0.05) is 30.9 Å². The largest absolute Gasteiger partial charge is 0.458 e. The van der Waals surface area contributed by atoms with E-state index in [1.807, 2.05) is 24.3 Å². The first-order chi connectivity index (χ1) is 8.78. The molecule has 2 fully saturated rings. The Morgan fingerprint density at radius 2 is 2.11 bits per heavy atom. The SMILES string of the molecule is C=Cc1ccccc1C(=O)OC1CC2CCC1C2. The molecule has 3 rings (SSSR count). The molecule has 0 spiro atoms. The van der Waals surface area contributed by atoms with Gasteiger partial charge in [0.15, 0.2) is 0 Å². The van der Waals surface area contributed by atoms with Gasteiger partial charge in [0.2, 0.25) is 0 Å². The molecule has 0 radical (unpaired) electrons. The van der Waals surface area contributed by atoms with Crippen molar-refractivity contribution in [3.63, 3.8) is 0 Å². The molecule has 3 atom stereocenters. The molecule has 3 unspecified atom stereocenters. The molecule has 2 aliphatic rings. The van der Waals surface area contributed by atoms with Crippen molar-refractivity contribution in [2.24, 2.45) is 11.8 Å². The zero-order valence-electron chi connectivity index (χ0n) is 10.5. The summed E-state index contributed by atoms with van der Waals surface area (Å²) in [5.41, 5.74) is 1.49. The monoisotopic (exact) mass is 242 g/mol. The number of benzene rings is 1. The van der Waals surface area contributed by atoms with Crippen LogP contribution in [-0.2, 0) is 4.74 Å². The van der Waals surface area contributed by atoms with Crippen LogP contribution in [0.2, 0.25) is 0 Å². The zero-order chi connectivity index (χ0) is 12.5. The van der Waals surface area contributed by atoms with Gasteiger partial charge in [-0.3, -0.25) is 0 Å². The van der Waals surface area contributed by atoms with E-state index in [1.165, 1.54) is 19.3 Å². The van der Waals surface area contributed by atoms with E-state index in [0.29, 0.717) is 11.5 Å². The Hall–Kier alpha value is -1.57. The fraction of sp³-hybridized carbons (Fsp3) is 0.438. The molecule has 0 heterocycles. The van der Waals surface area contributed by atoms with E-state index in [1.54, 1.807) is 6.08 Å². The van der Waals surface area contributed by atoms with Gasteiger partial charge in [0, 0.05) is 0 Å². The lowest BCUT2D eigenvalue weighted by atomic mass is 9.97. The topological polar surface area (TPSA) is 26.3 Å². The number of hydrogen-bond donors (Lipinski definition) is 0. The van der Waals surface area contributed by atoms with E-state index < -0.39 is 0 Å². The Labute approximate surface area is 108 Å². The highest BCUT2D eigenvalue weighted by molar-refractivity contribution is 5.93. The standard InChI is InChI=1S/C16H18O2/c1-2-12-5-3-4-6-14(12)16(17)18-15-10-11-7-8-13(15)9-11/h2-6,11,13,15H,1,7-10H2. The second-order valence-corrected chi connectivity index (χ2v) is 5.41. The Morgan fingerprint density at radius 1 is 1.28 bits per heavy atom. The van der Waals surface area contributed by atoms with Gasteiger partial charge in [-0.15, -0.1) is 0 Å². The first-order valence-electron chi connectivity index (χ1n) is 6.70. The Bertz CT molecular complexity index is 478. The van der Waals surface area contributed by atoms with E-state index in [2.05, 4.69) is 6.58 Å². The molecule has 94 valence electrons. The lowest BCUT2D eigenvalue weighted by Gasteiger charge is -2.22. The minimum Gasteiger partial charge on any atom is -0.458 e. The summed E-state index contributed by atoms with van der Waals surface area (Å²) in [6.45, 7) is 3.74. The molecular weight excluding hydrogens is 224 g/mol. The number of carbonyl (C=O) groups is 1. The predicted octanol–water partition coefficient (Wildman–Crippen LogP) is 3.68. The molecule has 2 aliphatic carbocycles. The van der Waals surface area contributed by atoms with Crippen LogP contribution >= 0.6 is 0 Å². The summed E-state index contributed by atoms with van der Waals surface area (Å²) >= 11 is 0. The average Bonchev–Trinajstić information content (AvgIpc) is 3.01. The molecule has 0 aliphatic heterocycles. The summed E-state index contributed by atoms with van der Waals surface area (Å²) in [5.74, 6) is 1.21. The molecular formula is C16H18O2. The van der Waals surface area contributed by atoms with Crippen LogP contribution < -0.4 is 0 Å². The highest BCUT2D eigenvalue weighted by Gasteiger charge is 2.41. The second kappa shape index (κ2) is 4.60. The van der Waals surface area contributed by atoms with Crippen molar-refractivity contribution in [2.75, 3.05) is 0 Å². The van der Waals surface area contributed by atoms with E-state index in [9.17, 15) is 4.79 Å². The van der Waals surface area contributed by atoms with Crippen molar-refractivity contribution in [3.8, 4) is 0 Å². The van der Waals surface area contributed by atoms with E-state index in [4.69, 9.17) is 4.74 Å². The number of hydrogen-bond acceptors (Lipinski definition) is 2. The number of esters is 1. The van der Waals surface area contributed by atoms with Gasteiger partial charge in [0.05, 0.1) is 5.56 Å². The van der Waals surface area contributed by atoms with Crippen molar-refractivity contribution in [1.82, 2.24) is 0 Å². The van der Waals surface area contributed by atoms with Crippen LogP contribution in [0.25, 0.3) is 6.08 Å². The number of carbonyl (C=O) groups excluding carboxylic acids is 1. The van der Waals surface area contributed by atoms with Crippen LogP contribution in [0.4, 0.5) is 0 Å². The summed E-state index contributed by atoms with van der Waals surface area (Å²) in [5, 5.41) is 0. The maximum atomic E-state index is 12.2. The van der Waals surface area contributed by atoms with Crippen molar-refractivity contribution in [2.45, 2.75) is 31.8 Å². The Kier molecular flexibility index (Phi) is 2.94. The molecule has 1 aromatic rings. The number of fused-ring (bicyclic) bond motifs is 2. The maximum Gasteiger partial charge on any atom is 0.339 e. The minimum absolute atomic E-state index is 0.147. The fourth-order valence-electron chi connectivity index (χ4n) is 3.39. The van der Waals surface area contributed by atoms with Crippen molar-refractivity contribution in [1.29, 1.82) is 0 Å². The number of ether oxygens (including phenoxy) is 1. The molecule has 0 N–H and O–H groups in total. The molecule has 2 heteroatoms. The third-order valence-corrected chi connectivity index (χ3v) is 4.33. The van der Waals surface area contributed by atoms with Gasteiger partial charge < -0.3 is 4.74 Å². The van der Waals surface area contributed by atoms with Crippen LogP contribution in [0.5, 0.6) is 0 Å². The van der Waals surface area contributed by atoms with Crippen LogP contribution in [0.3, 0.4) is 0 Å². The van der Waals surface area contributed by atoms with Crippen LogP contribution in [-0.4, -0.2) is 12.1 Å². The molecule has 0 saturated heterocycles. The van der Waals surface area contributed by atoms with Crippen molar-refractivity contribution >= 4 is 12.0 Å². The lowest BCUT2D eigenvalue weighted by molar-refractivity contribution is 0.0158. The molecule has 2 nitrogen and oxygen atoms in total. The predicted molar refractivity (Wildman–Crippen MR) is 71.2 cm³/mol. The summed E-state index contributed by atoms with van der Waals surface area (Å²) in [4.78, 5) is 12.2. The highest BCUT2D eigenvalue weighted by Crippen LogP contribution is 2.46. The fourth-order valence-corrected chi connectivity index (χ4v) is 3.39. The van der Waals surface area contributed by atoms with Gasteiger partial charge >= 0.3 is 5.97 Å². The number of rotatable bonds is 3. The second-order valence-electron chi connectivity index (χ2n) is 5.41. The van der Waals surface area contributed by atoms with Gasteiger partial charge in [-0.2, -0.15) is 0 Å². The third-order valence-electron chi connectivity index (χ3n) is 4.33. The smallest absolute Gasteiger partial charge is 0.339 e. The normalized spacial score (nSPS) is 29.2. The Balaban J connectivity index is 1.73. The van der Waals surface area contributed by atoms with Gasteiger partial charge in [-0.05, 0) is 49.1 Å². The lowest BCUT2D eigenvalue weighted by Crippen LogP contribution is -2.24. The molecule has 18 heavy (non-hydrogen) atoms. The Morgan fingerprint density at radius 3 is 2.78 bits per heavy atom. The van der Waals surface area contributed by atoms with Gasteiger partial charge in [0.1, 0.15) is 6.10 Å². The molecule has 0 aromatic heterocycles. The molecule has 1 aromatic carbocycles. The first kappa shape index (κ1) is 11.5. The summed E-state index contributed by atoms with van der Waals surface area (Å²) in [6.07, 6.45) is 6.72. The quantitative estimate of drug-likeness (QED) is 0.756. The highest BCUT2D eigenvalue weighted by atomic mass is 16.5. The minimum atomic E-state index is -0.192. The van der Waals surface area contributed by atoms with E-state index in [0.717, 1.165) is 17.9 Å². The van der Waals surface area contributed by atoms with Crippen molar-refractivity contribution in [3.05, 3.63) is 42.0 Å². The maximum absolute atomic E-state index is 12.2. The van der Waals surface area contributed by atoms with Crippen LogP contribution in [0, 0.1) is 11.8 Å². The molecule has 0 amide bonds. The van der Waals surface area contributed by atoms with Gasteiger partial charge in [-0.25, -0.2) is 4.79 Å².